The zero-order chi connectivity index (χ0) is 20.5. The fourth-order valence-electron chi connectivity index (χ4n) is 4.37. The van der Waals surface area contributed by atoms with E-state index in [9.17, 15) is 0 Å². The van der Waals surface area contributed by atoms with Gasteiger partial charge in [0.25, 0.3) is 0 Å². The first-order valence-corrected chi connectivity index (χ1v) is 10.8. The third-order valence-electron chi connectivity index (χ3n) is 5.82. The van der Waals surface area contributed by atoms with Crippen LogP contribution < -0.4 is 0 Å². The molecule has 4 aromatic rings. The Kier molecular flexibility index (Phi) is 5.27. The van der Waals surface area contributed by atoms with Crippen molar-refractivity contribution in [3.8, 4) is 0 Å². The molecule has 154 valence electrons. The first-order valence-electron chi connectivity index (χ1n) is 10.5. The van der Waals surface area contributed by atoms with Crippen LogP contribution in [0, 0.1) is 6.92 Å². The minimum Gasteiger partial charge on any atom is -0.322 e. The molecule has 5 rings (SSSR count). The molecule has 0 saturated carbocycles. The number of halogens is 1. The molecule has 1 fully saturated rings. The highest BCUT2D eigenvalue weighted by Gasteiger charge is 2.25. The van der Waals surface area contributed by atoms with Gasteiger partial charge < -0.3 is 4.57 Å². The van der Waals surface area contributed by atoms with E-state index in [0.717, 1.165) is 72.5 Å². The van der Waals surface area contributed by atoms with Crippen LogP contribution in [0.2, 0.25) is 5.02 Å². The molecule has 1 atom stereocenters. The molecule has 1 N–H and O–H groups in total. The molecular formula is C23H25ClN6. The maximum absolute atomic E-state index is 6.24. The number of hydrogen-bond acceptors (Lipinski definition) is 4. The van der Waals surface area contributed by atoms with Gasteiger partial charge in [0.2, 0.25) is 0 Å². The Bertz CT molecular complexity index is 1150. The molecule has 1 aliphatic rings. The van der Waals surface area contributed by atoms with Crippen LogP contribution in [0.25, 0.3) is 11.0 Å². The van der Waals surface area contributed by atoms with Crippen molar-refractivity contribution in [3.05, 3.63) is 76.6 Å². The van der Waals surface area contributed by atoms with E-state index in [-0.39, 0.29) is 0 Å². The third kappa shape index (κ3) is 3.98. The van der Waals surface area contributed by atoms with Crippen molar-refractivity contribution in [3.63, 3.8) is 0 Å². The molecule has 0 radical (unpaired) electrons. The Hall–Kier alpha value is -2.70. The number of benzene rings is 2. The Balaban J connectivity index is 1.43. The van der Waals surface area contributed by atoms with Crippen LogP contribution >= 0.6 is 11.6 Å². The van der Waals surface area contributed by atoms with Gasteiger partial charge in [-0.05, 0) is 50.1 Å². The second-order valence-electron chi connectivity index (χ2n) is 8.09. The fraction of sp³-hybridized carbons (Fsp3) is 0.348. The second kappa shape index (κ2) is 8.20. The molecular weight excluding hydrogens is 396 g/mol. The first kappa shape index (κ1) is 19.3. The SMILES string of the molecule is Cc1nc([C@@H]2CCCN(Cc3nc4cc(Cl)ccc4n3Cc3ccccc3)C2)n[nH]1. The summed E-state index contributed by atoms with van der Waals surface area (Å²) >= 11 is 6.24. The number of H-pyrrole nitrogens is 1. The minimum absolute atomic E-state index is 0.366. The topological polar surface area (TPSA) is 62.6 Å². The Morgan fingerprint density at radius 1 is 1.10 bits per heavy atom. The molecule has 6 nitrogen and oxygen atoms in total. The van der Waals surface area contributed by atoms with Crippen LogP contribution in [-0.2, 0) is 13.1 Å². The Labute approximate surface area is 180 Å². The van der Waals surface area contributed by atoms with Gasteiger partial charge in [0, 0.05) is 24.0 Å². The molecule has 0 spiro atoms. The lowest BCUT2D eigenvalue weighted by atomic mass is 9.97. The van der Waals surface area contributed by atoms with Gasteiger partial charge in [0.05, 0.1) is 17.6 Å². The lowest BCUT2D eigenvalue weighted by Crippen LogP contribution is -2.35. The van der Waals surface area contributed by atoms with Gasteiger partial charge in [-0.25, -0.2) is 9.97 Å². The van der Waals surface area contributed by atoms with Gasteiger partial charge in [0.1, 0.15) is 11.6 Å². The average Bonchev–Trinajstić information content (AvgIpc) is 3.32. The fourth-order valence-corrected chi connectivity index (χ4v) is 4.53. The Morgan fingerprint density at radius 2 is 1.97 bits per heavy atom. The molecule has 7 heteroatoms. The molecule has 0 unspecified atom stereocenters. The van der Waals surface area contributed by atoms with Crippen molar-refractivity contribution >= 4 is 22.6 Å². The quantitative estimate of drug-likeness (QED) is 0.514. The number of aryl methyl sites for hydroxylation is 1. The van der Waals surface area contributed by atoms with Gasteiger partial charge in [0.15, 0.2) is 5.82 Å². The molecule has 0 aliphatic carbocycles. The molecule has 1 aliphatic heterocycles. The molecule has 3 heterocycles. The van der Waals surface area contributed by atoms with Crippen molar-refractivity contribution in [1.29, 1.82) is 0 Å². The van der Waals surface area contributed by atoms with Crippen molar-refractivity contribution in [2.45, 2.75) is 38.8 Å². The number of piperidine rings is 1. The van der Waals surface area contributed by atoms with Gasteiger partial charge in [-0.3, -0.25) is 10.00 Å². The minimum atomic E-state index is 0.366. The summed E-state index contributed by atoms with van der Waals surface area (Å²) in [4.78, 5) is 12.0. The number of imidazole rings is 1. The Morgan fingerprint density at radius 3 is 2.77 bits per heavy atom. The van der Waals surface area contributed by atoms with Crippen molar-refractivity contribution in [1.82, 2.24) is 29.6 Å². The first-order chi connectivity index (χ1) is 14.7. The molecule has 1 saturated heterocycles. The predicted molar refractivity (Wildman–Crippen MR) is 119 cm³/mol. The zero-order valence-corrected chi connectivity index (χ0v) is 17.8. The van der Waals surface area contributed by atoms with E-state index in [1.54, 1.807) is 0 Å². The summed E-state index contributed by atoms with van der Waals surface area (Å²) in [5.41, 5.74) is 3.34. The van der Waals surface area contributed by atoms with Gasteiger partial charge >= 0.3 is 0 Å². The molecule has 2 aromatic carbocycles. The molecule has 0 bridgehead atoms. The molecule has 0 amide bonds. The lowest BCUT2D eigenvalue weighted by molar-refractivity contribution is 0.191. The van der Waals surface area contributed by atoms with E-state index in [4.69, 9.17) is 16.6 Å². The average molecular weight is 421 g/mol. The maximum atomic E-state index is 6.24. The second-order valence-corrected chi connectivity index (χ2v) is 8.52. The maximum Gasteiger partial charge on any atom is 0.155 e. The summed E-state index contributed by atoms with van der Waals surface area (Å²) in [7, 11) is 0. The standard InChI is InChI=1S/C23H25ClN6/c1-16-25-23(28-27-16)18-8-5-11-29(14-18)15-22-26-20-12-19(24)9-10-21(20)30(22)13-17-6-3-2-4-7-17/h2-4,6-7,9-10,12,18H,5,8,11,13-15H2,1H3,(H,25,27,28)/t18-/m1/s1. The van der Waals surface area contributed by atoms with Gasteiger partial charge in [-0.2, -0.15) is 5.10 Å². The van der Waals surface area contributed by atoms with E-state index in [1.165, 1.54) is 5.56 Å². The van der Waals surface area contributed by atoms with E-state index in [0.29, 0.717) is 5.92 Å². The number of nitrogens with one attached hydrogen (secondary N) is 1. The van der Waals surface area contributed by atoms with Crippen LogP contribution in [0.5, 0.6) is 0 Å². The highest BCUT2D eigenvalue weighted by atomic mass is 35.5. The molecule has 30 heavy (non-hydrogen) atoms. The van der Waals surface area contributed by atoms with Crippen molar-refractivity contribution in [2.75, 3.05) is 13.1 Å². The number of likely N-dealkylation sites (tertiary alicyclic amines) is 1. The summed E-state index contributed by atoms with van der Waals surface area (Å²) in [6, 6.07) is 16.5. The highest BCUT2D eigenvalue weighted by Crippen LogP contribution is 2.27. The van der Waals surface area contributed by atoms with E-state index < -0.39 is 0 Å². The summed E-state index contributed by atoms with van der Waals surface area (Å²) in [6.45, 7) is 5.57. The highest BCUT2D eigenvalue weighted by molar-refractivity contribution is 6.31. The number of hydrogen-bond donors (Lipinski definition) is 1. The zero-order valence-electron chi connectivity index (χ0n) is 17.1. The summed E-state index contributed by atoms with van der Waals surface area (Å²) in [6.07, 6.45) is 2.27. The van der Waals surface area contributed by atoms with Crippen LogP contribution in [-0.4, -0.2) is 42.7 Å². The summed E-state index contributed by atoms with van der Waals surface area (Å²) in [5, 5.41) is 8.10. The number of fused-ring (bicyclic) bond motifs is 1. The van der Waals surface area contributed by atoms with Crippen LogP contribution in [0.4, 0.5) is 0 Å². The lowest BCUT2D eigenvalue weighted by Gasteiger charge is -2.31. The van der Waals surface area contributed by atoms with E-state index in [2.05, 4.69) is 61.0 Å². The third-order valence-corrected chi connectivity index (χ3v) is 6.06. The summed E-state index contributed by atoms with van der Waals surface area (Å²) in [5.74, 6) is 3.25. The number of nitrogens with zero attached hydrogens (tertiary/aromatic N) is 5. The van der Waals surface area contributed by atoms with Crippen LogP contribution in [0.3, 0.4) is 0 Å². The largest absolute Gasteiger partial charge is 0.322 e. The van der Waals surface area contributed by atoms with E-state index in [1.807, 2.05) is 19.1 Å². The number of rotatable bonds is 5. The number of aromatic amines is 1. The van der Waals surface area contributed by atoms with E-state index >= 15 is 0 Å². The smallest absolute Gasteiger partial charge is 0.155 e. The van der Waals surface area contributed by atoms with Crippen molar-refractivity contribution in [2.24, 2.45) is 0 Å². The summed E-state index contributed by atoms with van der Waals surface area (Å²) < 4.78 is 2.32. The number of aromatic nitrogens is 5. The van der Waals surface area contributed by atoms with Crippen molar-refractivity contribution < 1.29 is 0 Å². The van der Waals surface area contributed by atoms with Crippen LogP contribution in [0.15, 0.2) is 48.5 Å². The molecule has 2 aromatic heterocycles. The van der Waals surface area contributed by atoms with Gasteiger partial charge in [-0.15, -0.1) is 0 Å². The van der Waals surface area contributed by atoms with Crippen LogP contribution in [0.1, 0.15) is 41.8 Å². The van der Waals surface area contributed by atoms with Gasteiger partial charge in [-0.1, -0.05) is 41.9 Å². The normalized spacial score (nSPS) is 17.6. The monoisotopic (exact) mass is 420 g/mol. The predicted octanol–water partition coefficient (Wildman–Crippen LogP) is 4.54.